The Bertz CT molecular complexity index is 369. The standard InChI is InChI=1S/C13H23N3O/c1-4-8-14-13-12(10(2)15-16(13)3)9-17-11-6-5-7-11/h11,14H,4-9H2,1-3H3. The molecule has 0 unspecified atom stereocenters. The van der Waals surface area contributed by atoms with Crippen LogP contribution in [-0.4, -0.2) is 22.4 Å². The van der Waals surface area contributed by atoms with Gasteiger partial charge in [-0.15, -0.1) is 0 Å². The van der Waals surface area contributed by atoms with Gasteiger partial charge in [-0.05, 0) is 32.6 Å². The van der Waals surface area contributed by atoms with E-state index in [-0.39, 0.29) is 0 Å². The molecule has 1 fully saturated rings. The Morgan fingerprint density at radius 3 is 2.82 bits per heavy atom. The summed E-state index contributed by atoms with van der Waals surface area (Å²) in [6, 6.07) is 0. The van der Waals surface area contributed by atoms with Gasteiger partial charge in [0.2, 0.25) is 0 Å². The van der Waals surface area contributed by atoms with Crippen LogP contribution in [0.1, 0.15) is 43.9 Å². The van der Waals surface area contributed by atoms with E-state index in [0.29, 0.717) is 12.7 Å². The molecule has 1 aliphatic carbocycles. The number of aryl methyl sites for hydroxylation is 2. The van der Waals surface area contributed by atoms with E-state index in [0.717, 1.165) is 24.5 Å². The lowest BCUT2D eigenvalue weighted by atomic mass is 9.96. The monoisotopic (exact) mass is 237 g/mol. The molecule has 1 saturated carbocycles. The summed E-state index contributed by atoms with van der Waals surface area (Å²) in [4.78, 5) is 0. The van der Waals surface area contributed by atoms with Crippen molar-refractivity contribution in [2.75, 3.05) is 11.9 Å². The van der Waals surface area contributed by atoms with Crippen LogP contribution in [0.5, 0.6) is 0 Å². The first-order chi connectivity index (χ1) is 8.22. The summed E-state index contributed by atoms with van der Waals surface area (Å²) >= 11 is 0. The van der Waals surface area contributed by atoms with Gasteiger partial charge in [-0.2, -0.15) is 5.10 Å². The van der Waals surface area contributed by atoms with Gasteiger partial charge < -0.3 is 10.1 Å². The van der Waals surface area contributed by atoms with Gasteiger partial charge >= 0.3 is 0 Å². The van der Waals surface area contributed by atoms with E-state index >= 15 is 0 Å². The maximum absolute atomic E-state index is 5.89. The van der Waals surface area contributed by atoms with E-state index in [2.05, 4.69) is 24.3 Å². The molecule has 17 heavy (non-hydrogen) atoms. The van der Waals surface area contributed by atoms with E-state index in [4.69, 9.17) is 4.74 Å². The molecule has 0 saturated heterocycles. The van der Waals surface area contributed by atoms with Crippen molar-refractivity contribution in [2.45, 2.75) is 52.2 Å². The Morgan fingerprint density at radius 1 is 1.47 bits per heavy atom. The van der Waals surface area contributed by atoms with Gasteiger partial charge in [0.15, 0.2) is 0 Å². The molecule has 0 radical (unpaired) electrons. The van der Waals surface area contributed by atoms with Crippen LogP contribution in [0.3, 0.4) is 0 Å². The zero-order valence-electron chi connectivity index (χ0n) is 11.1. The summed E-state index contributed by atoms with van der Waals surface area (Å²) in [5, 5.41) is 7.89. The van der Waals surface area contributed by atoms with Crippen molar-refractivity contribution in [3.63, 3.8) is 0 Å². The number of rotatable bonds is 6. The van der Waals surface area contributed by atoms with Crippen LogP contribution >= 0.6 is 0 Å². The number of nitrogens with one attached hydrogen (secondary N) is 1. The van der Waals surface area contributed by atoms with Crippen LogP contribution in [0.25, 0.3) is 0 Å². The molecule has 4 nitrogen and oxygen atoms in total. The van der Waals surface area contributed by atoms with Crippen molar-refractivity contribution in [1.29, 1.82) is 0 Å². The fourth-order valence-electron chi connectivity index (χ4n) is 2.08. The van der Waals surface area contributed by atoms with E-state index in [9.17, 15) is 0 Å². The van der Waals surface area contributed by atoms with Gasteiger partial charge in [-0.3, -0.25) is 4.68 Å². The normalized spacial score (nSPS) is 15.9. The van der Waals surface area contributed by atoms with E-state index in [1.54, 1.807) is 0 Å². The smallest absolute Gasteiger partial charge is 0.129 e. The Labute approximate surface area is 103 Å². The SMILES string of the molecule is CCCNc1c(COC2CCC2)c(C)nn1C. The van der Waals surface area contributed by atoms with Gasteiger partial charge in [-0.25, -0.2) is 0 Å². The van der Waals surface area contributed by atoms with Crippen LogP contribution in [0.4, 0.5) is 5.82 Å². The first-order valence-corrected chi connectivity index (χ1v) is 6.60. The minimum Gasteiger partial charge on any atom is -0.373 e. The number of hydrogen-bond donors (Lipinski definition) is 1. The predicted molar refractivity (Wildman–Crippen MR) is 69.2 cm³/mol. The van der Waals surface area contributed by atoms with Crippen LogP contribution in [-0.2, 0) is 18.4 Å². The molecule has 0 aromatic carbocycles. The minimum absolute atomic E-state index is 0.480. The van der Waals surface area contributed by atoms with Gasteiger partial charge in [0.05, 0.1) is 18.4 Å². The van der Waals surface area contributed by atoms with Crippen LogP contribution in [0.15, 0.2) is 0 Å². The van der Waals surface area contributed by atoms with Crippen molar-refractivity contribution in [1.82, 2.24) is 9.78 Å². The summed E-state index contributed by atoms with van der Waals surface area (Å²) in [5.74, 6) is 1.11. The Morgan fingerprint density at radius 2 is 2.24 bits per heavy atom. The lowest BCUT2D eigenvalue weighted by Crippen LogP contribution is -2.21. The first-order valence-electron chi connectivity index (χ1n) is 6.60. The summed E-state index contributed by atoms with van der Waals surface area (Å²) < 4.78 is 7.81. The molecule has 1 N–H and O–H groups in total. The molecule has 2 rings (SSSR count). The van der Waals surface area contributed by atoms with Gasteiger partial charge in [-0.1, -0.05) is 6.92 Å². The van der Waals surface area contributed by atoms with Gasteiger partial charge in [0, 0.05) is 19.2 Å². The first kappa shape index (κ1) is 12.4. The lowest BCUT2D eigenvalue weighted by Gasteiger charge is -2.25. The van der Waals surface area contributed by atoms with E-state index < -0.39 is 0 Å². The van der Waals surface area contributed by atoms with E-state index in [1.165, 1.54) is 24.8 Å². The summed E-state index contributed by atoms with van der Waals surface area (Å²) in [5.41, 5.74) is 2.29. The van der Waals surface area contributed by atoms with Gasteiger partial charge in [0.25, 0.3) is 0 Å². The largest absolute Gasteiger partial charge is 0.373 e. The predicted octanol–water partition coefficient (Wildman–Crippen LogP) is 2.62. The lowest BCUT2D eigenvalue weighted by molar-refractivity contribution is -0.00863. The van der Waals surface area contributed by atoms with E-state index in [1.807, 2.05) is 11.7 Å². The molecule has 96 valence electrons. The second-order valence-electron chi connectivity index (χ2n) is 4.83. The van der Waals surface area contributed by atoms with Crippen LogP contribution < -0.4 is 5.32 Å². The molecule has 0 atom stereocenters. The molecule has 0 amide bonds. The molecular weight excluding hydrogens is 214 g/mol. The van der Waals surface area contributed by atoms with Crippen LogP contribution in [0, 0.1) is 6.92 Å². The molecule has 1 aliphatic rings. The molecule has 4 heteroatoms. The van der Waals surface area contributed by atoms with Crippen LogP contribution in [0.2, 0.25) is 0 Å². The second-order valence-corrected chi connectivity index (χ2v) is 4.83. The third-order valence-electron chi connectivity index (χ3n) is 3.40. The second kappa shape index (κ2) is 5.54. The highest BCUT2D eigenvalue weighted by atomic mass is 16.5. The third-order valence-corrected chi connectivity index (χ3v) is 3.40. The van der Waals surface area contributed by atoms with Crippen molar-refractivity contribution in [3.8, 4) is 0 Å². The number of hydrogen-bond acceptors (Lipinski definition) is 3. The summed E-state index contributed by atoms with van der Waals surface area (Å²) in [6.07, 6.45) is 5.35. The molecule has 1 aromatic heterocycles. The third kappa shape index (κ3) is 2.80. The van der Waals surface area contributed by atoms with Crippen molar-refractivity contribution >= 4 is 5.82 Å². The Balaban J connectivity index is 2.01. The number of ether oxygens (including phenoxy) is 1. The number of nitrogens with zero attached hydrogens (tertiary/aromatic N) is 2. The topological polar surface area (TPSA) is 39.1 Å². The quantitative estimate of drug-likeness (QED) is 0.826. The maximum Gasteiger partial charge on any atom is 0.129 e. The number of anilines is 1. The fourth-order valence-corrected chi connectivity index (χ4v) is 2.08. The minimum atomic E-state index is 0.480. The molecule has 0 aliphatic heterocycles. The van der Waals surface area contributed by atoms with Crippen molar-refractivity contribution in [2.24, 2.45) is 7.05 Å². The highest BCUT2D eigenvalue weighted by molar-refractivity contribution is 5.47. The number of aromatic nitrogens is 2. The Hall–Kier alpha value is -1.03. The highest BCUT2D eigenvalue weighted by Crippen LogP contribution is 2.26. The zero-order chi connectivity index (χ0) is 12.3. The molecule has 0 bridgehead atoms. The molecule has 1 aromatic rings. The molecular formula is C13H23N3O. The maximum atomic E-state index is 5.89. The van der Waals surface area contributed by atoms with Crippen molar-refractivity contribution < 1.29 is 4.74 Å². The highest BCUT2D eigenvalue weighted by Gasteiger charge is 2.20. The Kier molecular flexibility index (Phi) is 4.05. The summed E-state index contributed by atoms with van der Waals surface area (Å²) in [7, 11) is 1.98. The molecule has 0 spiro atoms. The van der Waals surface area contributed by atoms with Crippen molar-refractivity contribution in [3.05, 3.63) is 11.3 Å². The average molecular weight is 237 g/mol. The average Bonchev–Trinajstić information content (AvgIpc) is 2.49. The summed E-state index contributed by atoms with van der Waals surface area (Å²) in [6.45, 7) is 5.89. The molecule has 1 heterocycles. The zero-order valence-corrected chi connectivity index (χ0v) is 11.1. The van der Waals surface area contributed by atoms with Gasteiger partial charge in [0.1, 0.15) is 5.82 Å². The fraction of sp³-hybridized carbons (Fsp3) is 0.769.